The van der Waals surface area contributed by atoms with E-state index < -0.39 is 11.1 Å². The second-order valence-electron chi connectivity index (χ2n) is 8.34. The Morgan fingerprint density at radius 1 is 1.30 bits per heavy atom. The topological polar surface area (TPSA) is 87.8 Å². The summed E-state index contributed by atoms with van der Waals surface area (Å²) in [4.78, 5) is 14.1. The molecule has 2 N–H and O–H groups in total. The third-order valence-electron chi connectivity index (χ3n) is 6.55. The van der Waals surface area contributed by atoms with Crippen molar-refractivity contribution in [1.29, 1.82) is 5.26 Å². The Kier molecular flexibility index (Phi) is 3.45. The van der Waals surface area contributed by atoms with E-state index in [4.69, 9.17) is 5.26 Å². The van der Waals surface area contributed by atoms with Gasteiger partial charge in [0.2, 0.25) is 5.91 Å². The number of nitriles is 1. The Balaban J connectivity index is 1.48. The van der Waals surface area contributed by atoms with E-state index >= 15 is 0 Å². The number of hydrogen-bond donors (Lipinski definition) is 2. The smallest absolute Gasteiger partial charge is 0.240 e. The van der Waals surface area contributed by atoms with Gasteiger partial charge in [-0.25, -0.2) is 0 Å². The van der Waals surface area contributed by atoms with Crippen molar-refractivity contribution in [3.05, 3.63) is 0 Å². The first-order chi connectivity index (χ1) is 10.9. The first kappa shape index (κ1) is 15.4. The number of hydroxylamine groups is 2. The van der Waals surface area contributed by atoms with Gasteiger partial charge in [-0.1, -0.05) is 0 Å². The molecule has 0 aromatic carbocycles. The monoisotopic (exact) mass is 319 g/mol. The Hall–Kier alpha value is -1.16. The molecule has 5 rings (SSSR count). The minimum Gasteiger partial charge on any atom is -0.390 e. The van der Waals surface area contributed by atoms with Gasteiger partial charge in [0, 0.05) is 12.1 Å². The molecule has 6 heteroatoms. The summed E-state index contributed by atoms with van der Waals surface area (Å²) in [5, 5.41) is 31.8. The Labute approximate surface area is 136 Å². The van der Waals surface area contributed by atoms with Crippen molar-refractivity contribution < 1.29 is 15.1 Å². The lowest BCUT2D eigenvalue weighted by Gasteiger charge is -2.61. The summed E-state index contributed by atoms with van der Waals surface area (Å²) in [6, 6.07) is 1.82. The van der Waals surface area contributed by atoms with Gasteiger partial charge in [-0.15, -0.1) is 0 Å². The fourth-order valence-electron chi connectivity index (χ4n) is 6.05. The van der Waals surface area contributed by atoms with Gasteiger partial charge < -0.3 is 15.2 Å². The zero-order valence-corrected chi connectivity index (χ0v) is 13.4. The summed E-state index contributed by atoms with van der Waals surface area (Å²) in [6.45, 7) is 0.542. The number of carbonyl (C=O) groups is 1. The Bertz CT molecular complexity index is 544. The number of amides is 1. The molecule has 3 atom stereocenters. The van der Waals surface area contributed by atoms with E-state index in [1.54, 1.807) is 4.90 Å². The van der Waals surface area contributed by atoms with Gasteiger partial charge in [0.15, 0.2) is 0 Å². The molecular weight excluding hydrogens is 294 g/mol. The molecule has 2 unspecified atom stereocenters. The number of aliphatic hydroxyl groups is 1. The maximum Gasteiger partial charge on any atom is 0.240 e. The quantitative estimate of drug-likeness (QED) is 0.765. The van der Waals surface area contributed by atoms with Crippen LogP contribution in [0.5, 0.6) is 0 Å². The van der Waals surface area contributed by atoms with Crippen LogP contribution < -0.4 is 0 Å². The Morgan fingerprint density at radius 3 is 2.61 bits per heavy atom. The number of carbonyl (C=O) groups excluding carboxylic acids is 1. The molecule has 1 amide bonds. The van der Waals surface area contributed by atoms with E-state index in [1.165, 1.54) is 5.06 Å². The third-order valence-corrected chi connectivity index (χ3v) is 6.55. The maximum absolute atomic E-state index is 12.5. The number of likely N-dealkylation sites (tertiary alicyclic amines) is 1. The molecule has 126 valence electrons. The highest BCUT2D eigenvalue weighted by Gasteiger charge is 2.59. The van der Waals surface area contributed by atoms with Crippen LogP contribution in [-0.4, -0.2) is 56.5 Å². The van der Waals surface area contributed by atoms with E-state index in [0.717, 1.165) is 44.9 Å². The molecular formula is C17H25N3O3. The fourth-order valence-corrected chi connectivity index (χ4v) is 6.05. The summed E-state index contributed by atoms with van der Waals surface area (Å²) in [7, 11) is 0. The lowest BCUT2D eigenvalue weighted by atomic mass is 9.51. The van der Waals surface area contributed by atoms with Crippen molar-refractivity contribution in [3.63, 3.8) is 0 Å². The summed E-state index contributed by atoms with van der Waals surface area (Å²) >= 11 is 0. The molecule has 0 aromatic rings. The van der Waals surface area contributed by atoms with Gasteiger partial charge >= 0.3 is 0 Å². The average Bonchev–Trinajstić information content (AvgIpc) is 2.93. The summed E-state index contributed by atoms with van der Waals surface area (Å²) in [6.07, 6.45) is 6.72. The SMILES string of the molecule is N#C[C@@H]1CCCN1C(=O)CN(O)C12CC3CC(CC(O)(C3)C1)C2. The molecule has 4 bridgehead atoms. The van der Waals surface area contributed by atoms with Gasteiger partial charge in [-0.05, 0) is 63.2 Å². The lowest BCUT2D eigenvalue weighted by Crippen LogP contribution is -2.65. The van der Waals surface area contributed by atoms with Crippen LogP contribution in [0.15, 0.2) is 0 Å². The number of nitrogens with zero attached hydrogens (tertiary/aromatic N) is 3. The Morgan fingerprint density at radius 2 is 2.00 bits per heavy atom. The summed E-state index contributed by atoms with van der Waals surface area (Å²) < 4.78 is 0. The van der Waals surface area contributed by atoms with Crippen molar-refractivity contribution in [2.24, 2.45) is 11.8 Å². The molecule has 1 heterocycles. The van der Waals surface area contributed by atoms with Gasteiger partial charge in [0.25, 0.3) is 0 Å². The molecule has 0 aromatic heterocycles. The van der Waals surface area contributed by atoms with E-state index in [-0.39, 0.29) is 18.5 Å². The van der Waals surface area contributed by atoms with Gasteiger partial charge in [0.1, 0.15) is 12.6 Å². The molecule has 23 heavy (non-hydrogen) atoms. The van der Waals surface area contributed by atoms with Crippen LogP contribution in [0.25, 0.3) is 0 Å². The standard InChI is InChI=1S/C17H25N3O3/c18-9-14-2-1-3-19(14)15(21)10-20(23)16-5-12-4-13(6-16)8-17(22,7-12)11-16/h12-14,22-23H,1-8,10-11H2/t12?,13?,14-,16?,17?/m0/s1. The molecule has 5 fully saturated rings. The number of rotatable bonds is 3. The lowest BCUT2D eigenvalue weighted by molar-refractivity contribution is -0.257. The summed E-state index contributed by atoms with van der Waals surface area (Å²) in [5.41, 5.74) is -1.10. The molecule has 1 saturated heterocycles. The van der Waals surface area contributed by atoms with Crippen LogP contribution in [0, 0.1) is 23.2 Å². The first-order valence-electron chi connectivity index (χ1n) is 8.81. The van der Waals surface area contributed by atoms with Crippen LogP contribution in [0.3, 0.4) is 0 Å². The predicted molar refractivity (Wildman–Crippen MR) is 81.2 cm³/mol. The van der Waals surface area contributed by atoms with Gasteiger partial charge in [0.05, 0.1) is 11.7 Å². The van der Waals surface area contributed by atoms with Crippen molar-refractivity contribution in [3.8, 4) is 6.07 Å². The normalized spacial score (nSPS) is 44.8. The van der Waals surface area contributed by atoms with E-state index in [0.29, 0.717) is 24.8 Å². The van der Waals surface area contributed by atoms with Crippen molar-refractivity contribution in [1.82, 2.24) is 9.96 Å². The first-order valence-corrected chi connectivity index (χ1v) is 8.81. The van der Waals surface area contributed by atoms with E-state index in [2.05, 4.69) is 6.07 Å². The molecule has 0 spiro atoms. The molecule has 4 saturated carbocycles. The average molecular weight is 319 g/mol. The molecule has 6 nitrogen and oxygen atoms in total. The minimum atomic E-state index is -0.656. The van der Waals surface area contributed by atoms with Crippen LogP contribution in [0.2, 0.25) is 0 Å². The summed E-state index contributed by atoms with van der Waals surface area (Å²) in [5.74, 6) is 0.758. The zero-order chi connectivity index (χ0) is 16.2. The third kappa shape index (κ3) is 2.46. The van der Waals surface area contributed by atoms with Crippen molar-refractivity contribution >= 4 is 5.91 Å². The van der Waals surface area contributed by atoms with Crippen LogP contribution in [0.1, 0.15) is 51.4 Å². The fraction of sp³-hybridized carbons (Fsp3) is 0.882. The second-order valence-corrected chi connectivity index (χ2v) is 8.34. The largest absolute Gasteiger partial charge is 0.390 e. The second kappa shape index (κ2) is 5.17. The van der Waals surface area contributed by atoms with E-state index in [1.807, 2.05) is 0 Å². The van der Waals surface area contributed by atoms with Crippen LogP contribution >= 0.6 is 0 Å². The maximum atomic E-state index is 12.5. The number of hydrogen-bond acceptors (Lipinski definition) is 5. The van der Waals surface area contributed by atoms with Crippen LogP contribution in [0.4, 0.5) is 0 Å². The zero-order valence-electron chi connectivity index (χ0n) is 13.4. The van der Waals surface area contributed by atoms with Gasteiger partial charge in [-0.2, -0.15) is 10.3 Å². The highest BCUT2D eigenvalue weighted by Crippen LogP contribution is 2.59. The minimum absolute atomic E-state index is 0.0618. The predicted octanol–water partition coefficient (Wildman–Crippen LogP) is 1.28. The molecule has 4 aliphatic carbocycles. The van der Waals surface area contributed by atoms with E-state index in [9.17, 15) is 15.1 Å². The molecule has 0 radical (unpaired) electrons. The molecule has 1 aliphatic heterocycles. The van der Waals surface area contributed by atoms with Crippen molar-refractivity contribution in [2.45, 2.75) is 68.5 Å². The van der Waals surface area contributed by atoms with Crippen molar-refractivity contribution in [2.75, 3.05) is 13.1 Å². The van der Waals surface area contributed by atoms with Crippen LogP contribution in [-0.2, 0) is 4.79 Å². The molecule has 5 aliphatic rings. The highest BCUT2D eigenvalue weighted by atomic mass is 16.5. The highest BCUT2D eigenvalue weighted by molar-refractivity contribution is 5.79. The van der Waals surface area contributed by atoms with Gasteiger partial charge in [-0.3, -0.25) is 4.79 Å².